The first kappa shape index (κ1) is 18.1. The minimum Gasteiger partial charge on any atom is -0.348 e. The third-order valence-corrected chi connectivity index (χ3v) is 5.12. The number of benzene rings is 1. The molecule has 4 rings (SSSR count). The molecule has 0 aliphatic heterocycles. The Morgan fingerprint density at radius 3 is 2.79 bits per heavy atom. The summed E-state index contributed by atoms with van der Waals surface area (Å²) in [5.74, 6) is 1.16. The smallest absolute Gasteiger partial charge is 0.233 e. The molecule has 0 amide bonds. The van der Waals surface area contributed by atoms with Crippen molar-refractivity contribution in [3.63, 3.8) is 0 Å². The highest BCUT2D eigenvalue weighted by molar-refractivity contribution is 7.13. The van der Waals surface area contributed by atoms with E-state index in [0.29, 0.717) is 17.7 Å². The fourth-order valence-electron chi connectivity index (χ4n) is 2.88. The van der Waals surface area contributed by atoms with Crippen LogP contribution in [0.4, 0.5) is 22.1 Å². The van der Waals surface area contributed by atoms with Crippen LogP contribution in [0.2, 0.25) is 0 Å². The van der Waals surface area contributed by atoms with Crippen molar-refractivity contribution in [2.45, 2.75) is 19.9 Å². The molecule has 3 N–H and O–H groups in total. The van der Waals surface area contributed by atoms with Crippen molar-refractivity contribution in [1.29, 1.82) is 0 Å². The van der Waals surface area contributed by atoms with Gasteiger partial charge in [0.2, 0.25) is 11.9 Å². The molecule has 0 aliphatic carbocycles. The number of halogens is 1. The van der Waals surface area contributed by atoms with E-state index in [1.54, 1.807) is 17.4 Å². The number of H-pyrrole nitrogens is 1. The van der Waals surface area contributed by atoms with Crippen molar-refractivity contribution >= 4 is 29.1 Å². The molecule has 142 valence electrons. The molecule has 3 aromatic heterocycles. The van der Waals surface area contributed by atoms with Gasteiger partial charge in [-0.2, -0.15) is 10.1 Å². The molecule has 0 radical (unpaired) electrons. The van der Waals surface area contributed by atoms with Crippen LogP contribution in [0.15, 0.2) is 48.1 Å². The molecule has 9 heteroatoms. The van der Waals surface area contributed by atoms with Gasteiger partial charge in [-0.05, 0) is 48.6 Å². The summed E-state index contributed by atoms with van der Waals surface area (Å²) < 4.78 is 13.3. The number of rotatable bonds is 6. The SMILES string of the molecule is Cc1cc(F)ccc1C(C)Nc1ncnc(Nc2cc(-c3cccs3)[nH]n2)n1. The molecule has 3 heterocycles. The lowest BCUT2D eigenvalue weighted by Gasteiger charge is -2.16. The van der Waals surface area contributed by atoms with Crippen molar-refractivity contribution in [2.24, 2.45) is 0 Å². The topological polar surface area (TPSA) is 91.4 Å². The average molecular weight is 395 g/mol. The van der Waals surface area contributed by atoms with Crippen LogP contribution >= 0.6 is 11.3 Å². The number of hydrogen-bond donors (Lipinski definition) is 3. The number of aromatic amines is 1. The molecule has 0 aliphatic rings. The van der Waals surface area contributed by atoms with Crippen LogP contribution in [0.5, 0.6) is 0 Å². The maximum absolute atomic E-state index is 13.3. The molecular weight excluding hydrogens is 377 g/mol. The van der Waals surface area contributed by atoms with E-state index in [0.717, 1.165) is 21.7 Å². The minimum atomic E-state index is -0.249. The maximum Gasteiger partial charge on any atom is 0.233 e. The van der Waals surface area contributed by atoms with E-state index in [4.69, 9.17) is 0 Å². The Kier molecular flexibility index (Phi) is 4.98. The summed E-state index contributed by atoms with van der Waals surface area (Å²) in [6.45, 7) is 3.85. The molecule has 0 bridgehead atoms. The number of nitrogens with one attached hydrogen (secondary N) is 3. The number of nitrogens with zero attached hydrogens (tertiary/aromatic N) is 4. The maximum atomic E-state index is 13.3. The molecule has 1 aromatic carbocycles. The van der Waals surface area contributed by atoms with Crippen LogP contribution in [0.25, 0.3) is 10.6 Å². The number of hydrogen-bond acceptors (Lipinski definition) is 7. The largest absolute Gasteiger partial charge is 0.348 e. The Labute approximate surface area is 165 Å². The molecule has 1 unspecified atom stereocenters. The predicted octanol–water partition coefficient (Wildman–Crippen LogP) is 4.69. The van der Waals surface area contributed by atoms with Crippen LogP contribution < -0.4 is 10.6 Å². The van der Waals surface area contributed by atoms with Gasteiger partial charge < -0.3 is 10.6 Å². The molecular formula is C19H18FN7S. The third kappa shape index (κ3) is 3.99. The zero-order valence-corrected chi connectivity index (χ0v) is 16.1. The highest BCUT2D eigenvalue weighted by atomic mass is 32.1. The summed E-state index contributed by atoms with van der Waals surface area (Å²) >= 11 is 1.63. The minimum absolute atomic E-state index is 0.0911. The van der Waals surface area contributed by atoms with E-state index in [1.165, 1.54) is 18.5 Å². The Balaban J connectivity index is 1.47. The molecule has 28 heavy (non-hydrogen) atoms. The molecule has 4 aromatic rings. The molecule has 7 nitrogen and oxygen atoms in total. The number of thiophene rings is 1. The van der Waals surface area contributed by atoms with E-state index in [9.17, 15) is 4.39 Å². The highest BCUT2D eigenvalue weighted by Gasteiger charge is 2.12. The van der Waals surface area contributed by atoms with Crippen LogP contribution in [0, 0.1) is 12.7 Å². The van der Waals surface area contributed by atoms with Gasteiger partial charge >= 0.3 is 0 Å². The first-order valence-corrected chi connectivity index (χ1v) is 9.54. The Hall–Kier alpha value is -3.33. The zero-order valence-electron chi connectivity index (χ0n) is 15.3. The lowest BCUT2D eigenvalue weighted by atomic mass is 10.0. The van der Waals surface area contributed by atoms with E-state index in [1.807, 2.05) is 37.4 Å². The Morgan fingerprint density at radius 2 is 2.00 bits per heavy atom. The standard InChI is InChI=1S/C19H18FN7S/c1-11-8-13(20)5-6-14(11)12(2)23-18-21-10-22-19(25-18)24-17-9-15(26-27-17)16-4-3-7-28-16/h3-10,12H,1-2H3,(H3,21,22,23,24,25,26,27). The van der Waals surface area contributed by atoms with Crippen molar-refractivity contribution in [3.05, 3.63) is 65.0 Å². The van der Waals surface area contributed by atoms with Gasteiger partial charge in [0, 0.05) is 6.07 Å². The zero-order chi connectivity index (χ0) is 19.5. The van der Waals surface area contributed by atoms with E-state index >= 15 is 0 Å². The summed E-state index contributed by atoms with van der Waals surface area (Å²) in [5.41, 5.74) is 2.76. The fourth-order valence-corrected chi connectivity index (χ4v) is 3.57. The summed E-state index contributed by atoms with van der Waals surface area (Å²) in [7, 11) is 0. The van der Waals surface area contributed by atoms with Gasteiger partial charge in [0.15, 0.2) is 5.82 Å². The van der Waals surface area contributed by atoms with E-state index < -0.39 is 0 Å². The lowest BCUT2D eigenvalue weighted by Crippen LogP contribution is -2.12. The van der Waals surface area contributed by atoms with Crippen LogP contribution in [0.1, 0.15) is 24.1 Å². The monoisotopic (exact) mass is 395 g/mol. The summed E-state index contributed by atoms with van der Waals surface area (Å²) in [6.07, 6.45) is 1.43. The van der Waals surface area contributed by atoms with E-state index in [2.05, 4.69) is 35.8 Å². The van der Waals surface area contributed by atoms with Crippen LogP contribution in [-0.2, 0) is 0 Å². The summed E-state index contributed by atoms with van der Waals surface area (Å²) in [6, 6.07) is 10.5. The second kappa shape index (κ2) is 7.73. The van der Waals surface area contributed by atoms with Crippen molar-refractivity contribution in [3.8, 4) is 10.6 Å². The first-order valence-electron chi connectivity index (χ1n) is 8.66. The van der Waals surface area contributed by atoms with Gasteiger partial charge in [-0.3, -0.25) is 5.10 Å². The summed E-state index contributed by atoms with van der Waals surface area (Å²) in [4.78, 5) is 13.8. The predicted molar refractivity (Wildman–Crippen MR) is 108 cm³/mol. The van der Waals surface area contributed by atoms with Gasteiger partial charge in [-0.15, -0.1) is 11.3 Å². The average Bonchev–Trinajstić information content (AvgIpc) is 3.33. The van der Waals surface area contributed by atoms with Crippen molar-refractivity contribution in [2.75, 3.05) is 10.6 Å². The first-order chi connectivity index (χ1) is 13.6. The Morgan fingerprint density at radius 1 is 1.14 bits per heavy atom. The second-order valence-corrected chi connectivity index (χ2v) is 7.22. The lowest BCUT2D eigenvalue weighted by molar-refractivity contribution is 0.624. The van der Waals surface area contributed by atoms with Gasteiger partial charge in [0.25, 0.3) is 0 Å². The molecule has 0 spiro atoms. The normalized spacial score (nSPS) is 12.0. The van der Waals surface area contributed by atoms with Gasteiger partial charge in [-0.25, -0.2) is 14.4 Å². The van der Waals surface area contributed by atoms with Crippen molar-refractivity contribution in [1.82, 2.24) is 25.1 Å². The quantitative estimate of drug-likeness (QED) is 0.439. The van der Waals surface area contributed by atoms with Crippen LogP contribution in [-0.4, -0.2) is 25.1 Å². The fraction of sp³-hybridized carbons (Fsp3) is 0.158. The highest BCUT2D eigenvalue weighted by Crippen LogP contribution is 2.25. The third-order valence-electron chi connectivity index (χ3n) is 4.22. The Bertz CT molecular complexity index is 1080. The summed E-state index contributed by atoms with van der Waals surface area (Å²) in [5, 5.41) is 15.5. The van der Waals surface area contributed by atoms with Crippen LogP contribution in [0.3, 0.4) is 0 Å². The molecule has 1 atom stereocenters. The molecule has 0 fully saturated rings. The van der Waals surface area contributed by atoms with Crippen molar-refractivity contribution < 1.29 is 4.39 Å². The number of anilines is 3. The number of aryl methyl sites for hydroxylation is 1. The van der Waals surface area contributed by atoms with Gasteiger partial charge in [0.05, 0.1) is 16.6 Å². The second-order valence-electron chi connectivity index (χ2n) is 6.27. The van der Waals surface area contributed by atoms with E-state index in [-0.39, 0.29) is 11.9 Å². The van der Waals surface area contributed by atoms with Gasteiger partial charge in [0.1, 0.15) is 12.1 Å². The van der Waals surface area contributed by atoms with Gasteiger partial charge in [-0.1, -0.05) is 12.1 Å². The molecule has 0 saturated carbocycles. The number of aromatic nitrogens is 5. The molecule has 0 saturated heterocycles.